The Balaban J connectivity index is 1.83. The molecule has 0 aromatic carbocycles. The Morgan fingerprint density at radius 3 is 1.82 bits per heavy atom. The Kier molecular flexibility index (Phi) is 14.7. The molecule has 0 saturated carbocycles. The summed E-state index contributed by atoms with van der Waals surface area (Å²) in [5.41, 5.74) is -0.00119. The fraction of sp³-hybridized carbons (Fsp3) is 0.731. The van der Waals surface area contributed by atoms with Gasteiger partial charge in [-0.3, -0.25) is 0 Å². The van der Waals surface area contributed by atoms with E-state index in [1.54, 1.807) is 0 Å². The smallest absolute Gasteiger partial charge is 0.183 e. The molecule has 0 aliphatic carbocycles. The molecule has 0 spiro atoms. The third-order valence-electron chi connectivity index (χ3n) is 5.02. The van der Waals surface area contributed by atoms with Crippen molar-refractivity contribution in [3.05, 3.63) is 36.5 Å². The van der Waals surface area contributed by atoms with E-state index in [2.05, 4.69) is 62.2 Å². The maximum absolute atomic E-state index is 5.63. The third-order valence-corrected chi connectivity index (χ3v) is 5.02. The minimum Gasteiger partial charge on any atom is -0.478 e. The van der Waals surface area contributed by atoms with Gasteiger partial charge >= 0.3 is 0 Å². The van der Waals surface area contributed by atoms with E-state index in [4.69, 9.17) is 4.74 Å². The lowest BCUT2D eigenvalue weighted by atomic mass is 10.1. The van der Waals surface area contributed by atoms with Crippen molar-refractivity contribution in [3.8, 4) is 0 Å². The zero-order chi connectivity index (χ0) is 20.3. The lowest BCUT2D eigenvalue weighted by Crippen LogP contribution is -2.17. The fourth-order valence-electron chi connectivity index (χ4n) is 3.28. The van der Waals surface area contributed by atoms with Gasteiger partial charge in [0.25, 0.3) is 0 Å². The van der Waals surface area contributed by atoms with Crippen molar-refractivity contribution in [2.24, 2.45) is 4.99 Å². The van der Waals surface area contributed by atoms with Gasteiger partial charge in [0.2, 0.25) is 0 Å². The Bertz CT molecular complexity index is 485. The summed E-state index contributed by atoms with van der Waals surface area (Å²) in [6.45, 7) is 7.27. The summed E-state index contributed by atoms with van der Waals surface area (Å²) < 4.78 is 5.63. The zero-order valence-corrected chi connectivity index (χ0v) is 18.9. The summed E-state index contributed by atoms with van der Waals surface area (Å²) >= 11 is 0. The largest absolute Gasteiger partial charge is 0.478 e. The lowest BCUT2D eigenvalue weighted by molar-refractivity contribution is 0.273. The van der Waals surface area contributed by atoms with Crippen molar-refractivity contribution in [1.82, 2.24) is 0 Å². The molecule has 0 saturated heterocycles. The van der Waals surface area contributed by atoms with Gasteiger partial charge in [0.1, 0.15) is 6.61 Å². The molecule has 2 nitrogen and oxygen atoms in total. The molecule has 160 valence electrons. The average Bonchev–Trinajstić information content (AvgIpc) is 3.02. The molecule has 0 bridgehead atoms. The first-order valence-corrected chi connectivity index (χ1v) is 11.8. The van der Waals surface area contributed by atoms with Crippen LogP contribution >= 0.6 is 0 Å². The molecule has 1 aliphatic heterocycles. The number of unbranched alkanes of at least 4 members (excludes halogenated alkanes) is 9. The molecule has 0 amide bonds. The van der Waals surface area contributed by atoms with E-state index < -0.39 is 0 Å². The normalized spacial score (nSPS) is 16.5. The molecule has 0 unspecified atom stereocenters. The Hall–Kier alpha value is -1.31. The minimum atomic E-state index is -0.00119. The van der Waals surface area contributed by atoms with Crippen molar-refractivity contribution in [2.75, 3.05) is 6.61 Å². The van der Waals surface area contributed by atoms with Gasteiger partial charge in [-0.2, -0.15) is 0 Å². The summed E-state index contributed by atoms with van der Waals surface area (Å²) in [5, 5.41) is 0. The van der Waals surface area contributed by atoms with Gasteiger partial charge in [0.05, 0.1) is 5.54 Å². The van der Waals surface area contributed by atoms with Crippen molar-refractivity contribution >= 4 is 5.90 Å². The van der Waals surface area contributed by atoms with Gasteiger partial charge in [-0.05, 0) is 78.1 Å². The molecule has 2 heteroatoms. The maximum Gasteiger partial charge on any atom is 0.183 e. The predicted octanol–water partition coefficient (Wildman–Crippen LogP) is 8.34. The second-order valence-corrected chi connectivity index (χ2v) is 8.64. The van der Waals surface area contributed by atoms with Crippen LogP contribution in [0.5, 0.6) is 0 Å². The van der Waals surface area contributed by atoms with Gasteiger partial charge in [0.15, 0.2) is 5.90 Å². The topological polar surface area (TPSA) is 21.6 Å². The first-order chi connectivity index (χ1) is 13.6. The van der Waals surface area contributed by atoms with Crippen molar-refractivity contribution in [2.45, 2.75) is 116 Å². The predicted molar refractivity (Wildman–Crippen MR) is 125 cm³/mol. The van der Waals surface area contributed by atoms with Crippen LogP contribution in [0.2, 0.25) is 0 Å². The van der Waals surface area contributed by atoms with Crippen LogP contribution in [-0.2, 0) is 4.74 Å². The summed E-state index contributed by atoms with van der Waals surface area (Å²) in [6, 6.07) is 0. The van der Waals surface area contributed by atoms with Crippen molar-refractivity contribution in [1.29, 1.82) is 0 Å². The number of allylic oxidation sites excluding steroid dienone is 6. The van der Waals surface area contributed by atoms with Crippen LogP contribution in [0.4, 0.5) is 0 Å². The highest BCUT2D eigenvalue weighted by atomic mass is 16.5. The lowest BCUT2D eigenvalue weighted by Gasteiger charge is -2.07. The Morgan fingerprint density at radius 2 is 1.29 bits per heavy atom. The molecule has 0 fully saturated rings. The molecular formula is C26H45NO. The third kappa shape index (κ3) is 14.7. The SMILES string of the molecule is CCCCC/C=C\C/C=C\CCCC/C=C\CCCCCC1=NC(C)(C)CO1. The van der Waals surface area contributed by atoms with Crippen LogP contribution in [0, 0.1) is 0 Å². The monoisotopic (exact) mass is 387 g/mol. The molecule has 1 rings (SSSR count). The van der Waals surface area contributed by atoms with E-state index in [0.29, 0.717) is 0 Å². The number of rotatable bonds is 17. The van der Waals surface area contributed by atoms with E-state index >= 15 is 0 Å². The van der Waals surface area contributed by atoms with E-state index in [-0.39, 0.29) is 5.54 Å². The minimum absolute atomic E-state index is 0.00119. The average molecular weight is 388 g/mol. The maximum atomic E-state index is 5.63. The first-order valence-electron chi connectivity index (χ1n) is 11.8. The van der Waals surface area contributed by atoms with Crippen molar-refractivity contribution < 1.29 is 4.74 Å². The fourth-order valence-corrected chi connectivity index (χ4v) is 3.28. The van der Waals surface area contributed by atoms with Gasteiger partial charge in [-0.1, -0.05) is 62.6 Å². The highest BCUT2D eigenvalue weighted by molar-refractivity contribution is 5.78. The van der Waals surface area contributed by atoms with E-state index in [1.165, 1.54) is 77.0 Å². The molecule has 0 radical (unpaired) electrons. The van der Waals surface area contributed by atoms with Gasteiger partial charge < -0.3 is 4.74 Å². The highest BCUT2D eigenvalue weighted by Crippen LogP contribution is 2.19. The molecule has 0 aromatic heterocycles. The van der Waals surface area contributed by atoms with Gasteiger partial charge in [-0.25, -0.2) is 4.99 Å². The molecule has 1 aliphatic rings. The second-order valence-electron chi connectivity index (χ2n) is 8.64. The van der Waals surface area contributed by atoms with E-state index in [9.17, 15) is 0 Å². The molecule has 0 atom stereocenters. The van der Waals surface area contributed by atoms with Crippen LogP contribution < -0.4 is 0 Å². The number of ether oxygens (including phenoxy) is 1. The molecule has 1 heterocycles. The molecule has 28 heavy (non-hydrogen) atoms. The van der Waals surface area contributed by atoms with Gasteiger partial charge in [-0.15, -0.1) is 0 Å². The van der Waals surface area contributed by atoms with E-state index in [1.807, 2.05) is 0 Å². The summed E-state index contributed by atoms with van der Waals surface area (Å²) in [5.74, 6) is 0.970. The van der Waals surface area contributed by atoms with Crippen molar-refractivity contribution in [3.63, 3.8) is 0 Å². The number of nitrogens with zero attached hydrogens (tertiary/aromatic N) is 1. The van der Waals surface area contributed by atoms with Crippen LogP contribution in [0.25, 0.3) is 0 Å². The summed E-state index contributed by atoms with van der Waals surface area (Å²) in [4.78, 5) is 4.61. The highest BCUT2D eigenvalue weighted by Gasteiger charge is 2.25. The zero-order valence-electron chi connectivity index (χ0n) is 18.9. The van der Waals surface area contributed by atoms with Crippen LogP contribution in [0.15, 0.2) is 41.4 Å². The first kappa shape index (κ1) is 24.7. The number of hydrogen-bond donors (Lipinski definition) is 0. The molecule has 0 aromatic rings. The summed E-state index contributed by atoms with van der Waals surface area (Å²) in [6.07, 6.45) is 31.4. The summed E-state index contributed by atoms with van der Waals surface area (Å²) in [7, 11) is 0. The standard InChI is InChI=1S/C26H45NO/c1-4-5-6-7-8-9-10-11-12-13-14-15-16-17-18-19-20-21-22-23-25-27-26(2,3)24-28-25/h8-9,11-12,17-18H,4-7,10,13-16,19-24H2,1-3H3/b9-8-,12-11-,18-17-. The Labute approximate surface area is 175 Å². The van der Waals surface area contributed by atoms with Crippen LogP contribution in [0.1, 0.15) is 111 Å². The van der Waals surface area contributed by atoms with Gasteiger partial charge in [0, 0.05) is 6.42 Å². The Morgan fingerprint density at radius 1 is 0.750 bits per heavy atom. The second kappa shape index (κ2) is 16.6. The van der Waals surface area contributed by atoms with Crippen LogP contribution in [-0.4, -0.2) is 18.0 Å². The van der Waals surface area contributed by atoms with E-state index in [0.717, 1.165) is 25.3 Å². The number of hydrogen-bond acceptors (Lipinski definition) is 2. The van der Waals surface area contributed by atoms with Crippen LogP contribution in [0.3, 0.4) is 0 Å². The molecule has 0 N–H and O–H groups in total. The number of aliphatic imine (C=N–C) groups is 1. The quantitative estimate of drug-likeness (QED) is 0.181. The molecular weight excluding hydrogens is 342 g/mol.